The summed E-state index contributed by atoms with van der Waals surface area (Å²) in [5.74, 6) is 0.234. The lowest BCUT2D eigenvalue weighted by Gasteiger charge is -2.23. The Bertz CT molecular complexity index is 209. The number of rotatable bonds is 2. The van der Waals surface area contributed by atoms with Gasteiger partial charge in [0.2, 0.25) is 5.91 Å². The van der Waals surface area contributed by atoms with Crippen LogP contribution in [0.4, 0.5) is 0 Å². The van der Waals surface area contributed by atoms with Crippen LogP contribution < -0.4 is 5.32 Å². The summed E-state index contributed by atoms with van der Waals surface area (Å²) in [6.45, 7) is 6.35. The fourth-order valence-electron chi connectivity index (χ4n) is 2.36. The van der Waals surface area contributed by atoms with Gasteiger partial charge in [-0.25, -0.2) is 0 Å². The first-order chi connectivity index (χ1) is 7.47. The molecule has 0 unspecified atom stereocenters. The van der Waals surface area contributed by atoms with E-state index < -0.39 is 0 Å². The van der Waals surface area contributed by atoms with E-state index in [1.807, 2.05) is 0 Å². The van der Waals surface area contributed by atoms with Crippen molar-refractivity contribution in [2.45, 2.75) is 78.2 Å². The smallest absolute Gasteiger partial charge is 0.220 e. The zero-order valence-corrected chi connectivity index (χ0v) is 11.1. The molecule has 0 bridgehead atoms. The molecule has 1 saturated carbocycles. The summed E-state index contributed by atoms with van der Waals surface area (Å²) in [5, 5.41) is 3.20. The number of amides is 1. The molecule has 0 spiro atoms. The quantitative estimate of drug-likeness (QED) is 0.763. The van der Waals surface area contributed by atoms with Crippen LogP contribution in [0.5, 0.6) is 0 Å². The average molecular weight is 225 g/mol. The summed E-state index contributed by atoms with van der Waals surface area (Å²) in [6, 6.07) is 0.440. The Morgan fingerprint density at radius 3 is 2.06 bits per heavy atom. The van der Waals surface area contributed by atoms with E-state index in [0.717, 1.165) is 0 Å². The molecule has 1 aliphatic rings. The zero-order valence-electron chi connectivity index (χ0n) is 11.1. The summed E-state index contributed by atoms with van der Waals surface area (Å²) in [6.07, 6.45) is 9.61. The lowest BCUT2D eigenvalue weighted by atomic mass is 9.91. The molecule has 0 aromatic heterocycles. The Morgan fingerprint density at radius 2 is 1.56 bits per heavy atom. The minimum absolute atomic E-state index is 0.103. The van der Waals surface area contributed by atoms with E-state index >= 15 is 0 Å². The van der Waals surface area contributed by atoms with Crippen LogP contribution in [0.3, 0.4) is 0 Å². The van der Waals surface area contributed by atoms with Crippen molar-refractivity contribution in [3.63, 3.8) is 0 Å². The zero-order chi connectivity index (χ0) is 12.0. The van der Waals surface area contributed by atoms with Gasteiger partial charge >= 0.3 is 0 Å². The van der Waals surface area contributed by atoms with Gasteiger partial charge in [0.15, 0.2) is 0 Å². The molecule has 1 fully saturated rings. The highest BCUT2D eigenvalue weighted by molar-refractivity contribution is 5.76. The van der Waals surface area contributed by atoms with Gasteiger partial charge in [0, 0.05) is 12.5 Å². The topological polar surface area (TPSA) is 29.1 Å². The molecule has 0 aromatic carbocycles. The van der Waals surface area contributed by atoms with E-state index in [-0.39, 0.29) is 11.3 Å². The molecule has 1 aliphatic carbocycles. The molecule has 1 rings (SSSR count). The lowest BCUT2D eigenvalue weighted by molar-refractivity contribution is -0.123. The summed E-state index contributed by atoms with van der Waals surface area (Å²) < 4.78 is 0. The van der Waals surface area contributed by atoms with Crippen molar-refractivity contribution in [2.75, 3.05) is 0 Å². The van der Waals surface area contributed by atoms with E-state index in [2.05, 4.69) is 26.1 Å². The van der Waals surface area contributed by atoms with Crippen LogP contribution in [0.25, 0.3) is 0 Å². The van der Waals surface area contributed by atoms with E-state index in [4.69, 9.17) is 0 Å². The Balaban J connectivity index is 2.30. The number of carbonyl (C=O) groups excluding carboxylic acids is 1. The first-order valence-corrected chi connectivity index (χ1v) is 6.77. The predicted octanol–water partition coefficient (Wildman–Crippen LogP) is 3.65. The molecule has 0 radical (unpaired) electrons. The average Bonchev–Trinajstić information content (AvgIpc) is 2.06. The van der Waals surface area contributed by atoms with Crippen molar-refractivity contribution in [2.24, 2.45) is 5.41 Å². The molecule has 2 heteroatoms. The van der Waals surface area contributed by atoms with E-state index in [1.165, 1.54) is 44.9 Å². The molecule has 2 nitrogen and oxygen atoms in total. The van der Waals surface area contributed by atoms with Crippen LogP contribution in [-0.2, 0) is 4.79 Å². The number of nitrogens with one attached hydrogen (secondary N) is 1. The monoisotopic (exact) mass is 225 g/mol. The molecule has 94 valence electrons. The summed E-state index contributed by atoms with van der Waals surface area (Å²) >= 11 is 0. The van der Waals surface area contributed by atoms with Crippen LogP contribution in [-0.4, -0.2) is 11.9 Å². The number of carbonyl (C=O) groups is 1. The van der Waals surface area contributed by atoms with Crippen LogP contribution in [0.15, 0.2) is 0 Å². The number of hydrogen-bond donors (Lipinski definition) is 1. The highest BCUT2D eigenvalue weighted by Gasteiger charge is 2.19. The summed E-state index contributed by atoms with van der Waals surface area (Å²) in [4.78, 5) is 11.8. The second kappa shape index (κ2) is 6.27. The fraction of sp³-hybridized carbons (Fsp3) is 0.929. The maximum Gasteiger partial charge on any atom is 0.220 e. The Hall–Kier alpha value is -0.530. The minimum Gasteiger partial charge on any atom is -0.353 e. The number of hydrogen-bond acceptors (Lipinski definition) is 1. The van der Waals surface area contributed by atoms with Gasteiger partial charge in [-0.3, -0.25) is 4.79 Å². The Kier molecular flexibility index (Phi) is 5.30. The van der Waals surface area contributed by atoms with Crippen molar-refractivity contribution in [3.05, 3.63) is 0 Å². The summed E-state index contributed by atoms with van der Waals surface area (Å²) in [5.41, 5.74) is 0.103. The third-order valence-electron chi connectivity index (χ3n) is 3.16. The largest absolute Gasteiger partial charge is 0.353 e. The van der Waals surface area contributed by atoms with E-state index in [9.17, 15) is 4.79 Å². The predicted molar refractivity (Wildman–Crippen MR) is 68.3 cm³/mol. The maximum absolute atomic E-state index is 11.8. The second-order valence-corrected chi connectivity index (χ2v) is 6.35. The summed E-state index contributed by atoms with van der Waals surface area (Å²) in [7, 11) is 0. The third kappa shape index (κ3) is 6.14. The van der Waals surface area contributed by atoms with Crippen molar-refractivity contribution in [1.29, 1.82) is 0 Å². The van der Waals surface area contributed by atoms with Gasteiger partial charge in [-0.15, -0.1) is 0 Å². The Morgan fingerprint density at radius 1 is 1.06 bits per heavy atom. The molecule has 0 atom stereocenters. The highest BCUT2D eigenvalue weighted by Crippen LogP contribution is 2.20. The van der Waals surface area contributed by atoms with Crippen molar-refractivity contribution in [1.82, 2.24) is 5.32 Å². The van der Waals surface area contributed by atoms with Crippen LogP contribution >= 0.6 is 0 Å². The van der Waals surface area contributed by atoms with Gasteiger partial charge in [0.05, 0.1) is 0 Å². The molecular formula is C14H27NO. The normalized spacial score (nSPS) is 19.9. The van der Waals surface area contributed by atoms with Crippen molar-refractivity contribution >= 4 is 5.91 Å². The van der Waals surface area contributed by atoms with Gasteiger partial charge in [-0.2, -0.15) is 0 Å². The van der Waals surface area contributed by atoms with Gasteiger partial charge in [0.25, 0.3) is 0 Å². The first-order valence-electron chi connectivity index (χ1n) is 6.77. The lowest BCUT2D eigenvalue weighted by Crippen LogP contribution is -2.37. The van der Waals surface area contributed by atoms with Crippen LogP contribution in [0.1, 0.15) is 72.1 Å². The standard InChI is InChI=1S/C14H27NO/c1-14(2,3)11-13(16)15-12-9-7-5-4-6-8-10-12/h12H,4-11H2,1-3H3,(H,15,16). The third-order valence-corrected chi connectivity index (χ3v) is 3.16. The molecule has 0 aliphatic heterocycles. The molecule has 0 saturated heterocycles. The highest BCUT2D eigenvalue weighted by atomic mass is 16.1. The molecule has 1 N–H and O–H groups in total. The molecular weight excluding hydrogens is 198 g/mol. The van der Waals surface area contributed by atoms with E-state index in [0.29, 0.717) is 12.5 Å². The second-order valence-electron chi connectivity index (χ2n) is 6.35. The first kappa shape index (κ1) is 13.5. The van der Waals surface area contributed by atoms with Crippen LogP contribution in [0, 0.1) is 5.41 Å². The van der Waals surface area contributed by atoms with Gasteiger partial charge < -0.3 is 5.32 Å². The molecule has 16 heavy (non-hydrogen) atoms. The van der Waals surface area contributed by atoms with Gasteiger partial charge in [-0.05, 0) is 18.3 Å². The molecule has 0 aromatic rings. The van der Waals surface area contributed by atoms with Gasteiger partial charge in [-0.1, -0.05) is 52.9 Å². The maximum atomic E-state index is 11.8. The minimum atomic E-state index is 0.103. The van der Waals surface area contributed by atoms with Crippen LogP contribution in [0.2, 0.25) is 0 Å². The SMILES string of the molecule is CC(C)(C)CC(=O)NC1CCCCCCC1. The molecule has 1 amide bonds. The molecule has 0 heterocycles. The van der Waals surface area contributed by atoms with Gasteiger partial charge in [0.1, 0.15) is 0 Å². The van der Waals surface area contributed by atoms with Crippen molar-refractivity contribution < 1.29 is 4.79 Å². The fourth-order valence-corrected chi connectivity index (χ4v) is 2.36. The van der Waals surface area contributed by atoms with E-state index in [1.54, 1.807) is 0 Å². The van der Waals surface area contributed by atoms with Crippen molar-refractivity contribution in [3.8, 4) is 0 Å². The Labute approximate surface area is 100 Å².